The molecule has 2 heterocycles. The molecule has 0 saturated carbocycles. The molecular formula is C33H33BN2O5. The Balaban J connectivity index is 1.20. The quantitative estimate of drug-likeness (QED) is 0.285. The maximum atomic E-state index is 13.0. The normalized spacial score (nSPS) is 17.4. The SMILES string of the molecule is CC1(C)OB(C(=Cc2ccc3c(=O)cc[nH]c3c2)CNC(=O)OCC2c3ccccc3-c3ccccc32)OC1(C)C. The number of carbonyl (C=O) groups excluding carboxylic acids is 1. The Hall–Kier alpha value is -4.14. The van der Waals surface area contributed by atoms with E-state index in [-0.39, 0.29) is 24.5 Å². The maximum absolute atomic E-state index is 13.0. The van der Waals surface area contributed by atoms with Crippen LogP contribution in [-0.4, -0.2) is 42.5 Å². The van der Waals surface area contributed by atoms with Gasteiger partial charge in [0, 0.05) is 35.6 Å². The van der Waals surface area contributed by atoms with Gasteiger partial charge in [0.25, 0.3) is 0 Å². The lowest BCUT2D eigenvalue weighted by atomic mass is 9.77. The molecule has 0 spiro atoms. The van der Waals surface area contributed by atoms with Crippen LogP contribution in [-0.2, 0) is 14.0 Å². The number of aromatic nitrogens is 1. The number of nitrogens with one attached hydrogen (secondary N) is 2. The first-order chi connectivity index (χ1) is 19.6. The van der Waals surface area contributed by atoms with Crippen molar-refractivity contribution in [2.45, 2.75) is 44.8 Å². The fourth-order valence-electron chi connectivity index (χ4n) is 5.52. The van der Waals surface area contributed by atoms with Crippen molar-refractivity contribution in [3.63, 3.8) is 0 Å². The Labute approximate surface area is 239 Å². The number of pyridine rings is 1. The Morgan fingerprint density at radius 2 is 1.59 bits per heavy atom. The second-order valence-electron chi connectivity index (χ2n) is 11.6. The van der Waals surface area contributed by atoms with Crippen LogP contribution in [0.2, 0.25) is 0 Å². The summed E-state index contributed by atoms with van der Waals surface area (Å²) in [5.41, 5.74) is 5.85. The first-order valence-corrected chi connectivity index (χ1v) is 13.9. The zero-order valence-corrected chi connectivity index (χ0v) is 23.7. The van der Waals surface area contributed by atoms with E-state index in [0.717, 1.165) is 27.7 Å². The molecule has 2 N–H and O–H groups in total. The van der Waals surface area contributed by atoms with E-state index in [2.05, 4.69) is 34.6 Å². The smallest absolute Gasteiger partial charge is 0.449 e. The van der Waals surface area contributed by atoms with Crippen molar-refractivity contribution in [2.24, 2.45) is 0 Å². The van der Waals surface area contributed by atoms with Gasteiger partial charge in [-0.2, -0.15) is 0 Å². The monoisotopic (exact) mass is 548 g/mol. The molecule has 1 amide bonds. The van der Waals surface area contributed by atoms with E-state index in [9.17, 15) is 9.59 Å². The molecule has 6 rings (SSSR count). The van der Waals surface area contributed by atoms with Gasteiger partial charge in [0.2, 0.25) is 0 Å². The number of hydrogen-bond acceptors (Lipinski definition) is 5. The Morgan fingerprint density at radius 3 is 2.24 bits per heavy atom. The summed E-state index contributed by atoms with van der Waals surface area (Å²) in [6.45, 7) is 8.35. The number of amides is 1. The summed E-state index contributed by atoms with van der Waals surface area (Å²) in [5, 5.41) is 3.52. The second-order valence-corrected chi connectivity index (χ2v) is 11.6. The molecular weight excluding hydrogens is 515 g/mol. The number of ether oxygens (including phenoxy) is 1. The fraction of sp³-hybridized carbons (Fsp3) is 0.273. The molecule has 4 aromatic rings. The molecule has 0 radical (unpaired) electrons. The molecule has 1 aliphatic heterocycles. The second kappa shape index (κ2) is 10.4. The van der Waals surface area contributed by atoms with Crippen molar-refractivity contribution in [2.75, 3.05) is 13.2 Å². The molecule has 0 unspecified atom stereocenters. The molecule has 1 aliphatic carbocycles. The lowest BCUT2D eigenvalue weighted by molar-refractivity contribution is 0.00578. The van der Waals surface area contributed by atoms with Gasteiger partial charge in [-0.05, 0) is 73.1 Å². The van der Waals surface area contributed by atoms with Crippen LogP contribution < -0.4 is 10.7 Å². The minimum atomic E-state index is -0.667. The van der Waals surface area contributed by atoms with E-state index in [0.29, 0.717) is 5.39 Å². The van der Waals surface area contributed by atoms with Gasteiger partial charge in [-0.25, -0.2) is 4.79 Å². The zero-order chi connectivity index (χ0) is 28.8. The van der Waals surface area contributed by atoms with Crippen molar-refractivity contribution in [3.8, 4) is 11.1 Å². The minimum Gasteiger partial charge on any atom is -0.449 e. The van der Waals surface area contributed by atoms with E-state index in [1.807, 2.05) is 70.2 Å². The van der Waals surface area contributed by atoms with Gasteiger partial charge in [-0.1, -0.05) is 60.7 Å². The highest BCUT2D eigenvalue weighted by atomic mass is 16.7. The van der Waals surface area contributed by atoms with Gasteiger partial charge in [-0.15, -0.1) is 0 Å². The number of benzene rings is 3. The average Bonchev–Trinajstić information content (AvgIpc) is 3.38. The molecule has 0 bridgehead atoms. The van der Waals surface area contributed by atoms with Crippen molar-refractivity contribution in [1.82, 2.24) is 10.3 Å². The number of hydrogen-bond donors (Lipinski definition) is 2. The Kier molecular flexibility index (Phi) is 6.84. The highest BCUT2D eigenvalue weighted by Crippen LogP contribution is 2.44. The summed E-state index contributed by atoms with van der Waals surface area (Å²) in [5.74, 6) is -0.0222. The van der Waals surface area contributed by atoms with Crippen LogP contribution in [0.5, 0.6) is 0 Å². The first-order valence-electron chi connectivity index (χ1n) is 13.9. The molecule has 2 aliphatic rings. The third kappa shape index (κ3) is 5.09. The molecule has 8 heteroatoms. The van der Waals surface area contributed by atoms with Crippen molar-refractivity contribution >= 4 is 30.2 Å². The van der Waals surface area contributed by atoms with Gasteiger partial charge in [0.15, 0.2) is 5.43 Å². The summed E-state index contributed by atoms with van der Waals surface area (Å²) in [6, 6.07) is 23.6. The van der Waals surface area contributed by atoms with Crippen LogP contribution in [0.3, 0.4) is 0 Å². The first kappa shape index (κ1) is 27.1. The van der Waals surface area contributed by atoms with Crippen LogP contribution in [0.1, 0.15) is 50.3 Å². The highest BCUT2D eigenvalue weighted by molar-refractivity contribution is 6.56. The van der Waals surface area contributed by atoms with Crippen molar-refractivity contribution in [1.29, 1.82) is 0 Å². The van der Waals surface area contributed by atoms with Gasteiger partial charge >= 0.3 is 13.2 Å². The predicted molar refractivity (Wildman–Crippen MR) is 162 cm³/mol. The van der Waals surface area contributed by atoms with Gasteiger partial charge < -0.3 is 24.3 Å². The Morgan fingerprint density at radius 1 is 0.951 bits per heavy atom. The van der Waals surface area contributed by atoms with Crippen molar-refractivity contribution in [3.05, 3.63) is 111 Å². The van der Waals surface area contributed by atoms with E-state index < -0.39 is 24.4 Å². The number of fused-ring (bicyclic) bond motifs is 4. The summed E-state index contributed by atoms with van der Waals surface area (Å²) in [6.07, 6.45) is 3.04. The van der Waals surface area contributed by atoms with Crippen LogP contribution in [0, 0.1) is 0 Å². The van der Waals surface area contributed by atoms with Crippen LogP contribution in [0.4, 0.5) is 4.79 Å². The van der Waals surface area contributed by atoms with E-state index >= 15 is 0 Å². The molecule has 1 saturated heterocycles. The third-order valence-electron chi connectivity index (χ3n) is 8.47. The summed E-state index contributed by atoms with van der Waals surface area (Å²) < 4.78 is 18.4. The molecule has 0 atom stereocenters. The number of alkyl carbamates (subject to hydrolysis) is 1. The predicted octanol–water partition coefficient (Wildman–Crippen LogP) is 6.08. The summed E-state index contributed by atoms with van der Waals surface area (Å²) in [4.78, 5) is 28.3. The molecule has 208 valence electrons. The van der Waals surface area contributed by atoms with E-state index in [1.165, 1.54) is 17.2 Å². The van der Waals surface area contributed by atoms with E-state index in [4.69, 9.17) is 14.0 Å². The molecule has 3 aromatic carbocycles. The van der Waals surface area contributed by atoms with E-state index in [1.54, 1.807) is 12.3 Å². The summed E-state index contributed by atoms with van der Waals surface area (Å²) in [7, 11) is -0.667. The lowest BCUT2D eigenvalue weighted by Crippen LogP contribution is -2.41. The van der Waals surface area contributed by atoms with Gasteiger partial charge in [-0.3, -0.25) is 4.79 Å². The van der Waals surface area contributed by atoms with Crippen LogP contribution in [0.15, 0.2) is 89.3 Å². The third-order valence-corrected chi connectivity index (χ3v) is 8.47. The number of aromatic amines is 1. The van der Waals surface area contributed by atoms with Gasteiger partial charge in [0.05, 0.1) is 11.2 Å². The Bertz CT molecular complexity index is 1660. The van der Waals surface area contributed by atoms with Gasteiger partial charge in [0.1, 0.15) is 6.61 Å². The fourth-order valence-corrected chi connectivity index (χ4v) is 5.52. The lowest BCUT2D eigenvalue weighted by Gasteiger charge is -2.32. The largest absolute Gasteiger partial charge is 0.492 e. The topological polar surface area (TPSA) is 89.7 Å². The summed E-state index contributed by atoms with van der Waals surface area (Å²) >= 11 is 0. The minimum absolute atomic E-state index is 0.0222. The number of carbonyl (C=O) groups is 1. The standard InChI is InChI=1S/C33H33BN2O5/c1-32(2)33(3,4)41-34(40-32)22(17-21-13-14-27-29(18-21)35-16-15-30(27)37)19-36-31(38)39-20-28-25-11-7-5-9-23(25)24-10-6-8-12-26(24)28/h5-18,28H,19-20H2,1-4H3,(H,35,37)(H,36,38). The van der Waals surface area contributed by atoms with Crippen molar-refractivity contribution < 1.29 is 18.8 Å². The highest BCUT2D eigenvalue weighted by Gasteiger charge is 2.52. The molecule has 7 nitrogen and oxygen atoms in total. The average molecular weight is 548 g/mol. The molecule has 41 heavy (non-hydrogen) atoms. The number of rotatable bonds is 6. The maximum Gasteiger partial charge on any atom is 0.492 e. The molecule has 1 aromatic heterocycles. The van der Waals surface area contributed by atoms with Crippen LogP contribution >= 0.6 is 0 Å². The molecule has 1 fully saturated rings. The zero-order valence-electron chi connectivity index (χ0n) is 23.7. The number of H-pyrrole nitrogens is 1. The van der Waals surface area contributed by atoms with Crippen LogP contribution in [0.25, 0.3) is 28.1 Å².